The van der Waals surface area contributed by atoms with Gasteiger partial charge in [0.25, 0.3) is 5.91 Å². The Morgan fingerprint density at radius 2 is 1.79 bits per heavy atom. The lowest BCUT2D eigenvalue weighted by atomic mass is 9.85. The van der Waals surface area contributed by atoms with Gasteiger partial charge in [-0.1, -0.05) is 12.2 Å². The number of hydrogen-bond donors (Lipinski definition) is 1. The van der Waals surface area contributed by atoms with Gasteiger partial charge in [-0.3, -0.25) is 19.3 Å². The number of rotatable bonds is 3. The number of benzene rings is 1. The van der Waals surface area contributed by atoms with Gasteiger partial charge in [0.15, 0.2) is 0 Å². The number of allylic oxidation sites excluding steroid dienone is 2. The molecular weight excluding hydrogens is 450 g/mol. The number of nitrogens with one attached hydrogen (secondary N) is 1. The molecule has 1 saturated carbocycles. The van der Waals surface area contributed by atoms with Crippen LogP contribution < -0.4 is 10.2 Å². The summed E-state index contributed by atoms with van der Waals surface area (Å²) < 4.78 is 5.84. The second kappa shape index (κ2) is 7.36. The lowest BCUT2D eigenvalue weighted by molar-refractivity contribution is -0.123. The van der Waals surface area contributed by atoms with Gasteiger partial charge in [-0.15, -0.1) is 11.3 Å². The Bertz CT molecular complexity index is 1290. The van der Waals surface area contributed by atoms with E-state index in [4.69, 9.17) is 4.74 Å². The van der Waals surface area contributed by atoms with Gasteiger partial charge in [0, 0.05) is 16.9 Å². The van der Waals surface area contributed by atoms with E-state index in [2.05, 4.69) is 23.5 Å². The molecule has 4 aliphatic rings. The first-order valence-electron chi connectivity index (χ1n) is 11.4. The second-order valence-electron chi connectivity index (χ2n) is 10.1. The highest BCUT2D eigenvalue weighted by molar-refractivity contribution is 7.16. The first-order valence-corrected chi connectivity index (χ1v) is 12.3. The van der Waals surface area contributed by atoms with Crippen molar-refractivity contribution >= 4 is 39.7 Å². The van der Waals surface area contributed by atoms with Crippen LogP contribution in [0.2, 0.25) is 0 Å². The molecule has 2 aliphatic heterocycles. The largest absolute Gasteiger partial charge is 0.370 e. The van der Waals surface area contributed by atoms with Crippen LogP contribution in [0.15, 0.2) is 36.4 Å². The molecule has 0 spiro atoms. The fourth-order valence-corrected chi connectivity index (χ4v) is 6.93. The van der Waals surface area contributed by atoms with Crippen LogP contribution in [0.1, 0.15) is 46.6 Å². The minimum Gasteiger partial charge on any atom is -0.370 e. The molecule has 1 N–H and O–H groups in total. The minimum atomic E-state index is -0.352. The van der Waals surface area contributed by atoms with Crippen LogP contribution in [0, 0.1) is 35.0 Å². The van der Waals surface area contributed by atoms with Gasteiger partial charge >= 0.3 is 0 Å². The van der Waals surface area contributed by atoms with Crippen molar-refractivity contribution in [2.24, 2.45) is 23.7 Å². The number of ether oxygens (including phenoxy) is 1. The Labute approximate surface area is 201 Å². The second-order valence-corrected chi connectivity index (χ2v) is 11.2. The first-order chi connectivity index (χ1) is 16.3. The molecule has 3 heterocycles. The third-order valence-electron chi connectivity index (χ3n) is 7.48. The van der Waals surface area contributed by atoms with E-state index in [1.165, 1.54) is 16.2 Å². The van der Waals surface area contributed by atoms with E-state index >= 15 is 0 Å². The van der Waals surface area contributed by atoms with Crippen molar-refractivity contribution in [3.63, 3.8) is 0 Å². The maximum Gasteiger partial charge on any atom is 0.256 e. The Morgan fingerprint density at radius 3 is 2.41 bits per heavy atom. The molecule has 2 bridgehead atoms. The number of anilines is 2. The topological polar surface area (TPSA) is 99.5 Å². The summed E-state index contributed by atoms with van der Waals surface area (Å²) in [7, 11) is 0. The Hall–Kier alpha value is -3.28. The first kappa shape index (κ1) is 21.3. The summed E-state index contributed by atoms with van der Waals surface area (Å²) in [5.41, 5.74) is 1.95. The third kappa shape index (κ3) is 3.07. The molecule has 172 valence electrons. The Balaban J connectivity index is 1.21. The predicted molar refractivity (Wildman–Crippen MR) is 126 cm³/mol. The summed E-state index contributed by atoms with van der Waals surface area (Å²) >= 11 is 1.37. The summed E-state index contributed by atoms with van der Waals surface area (Å²) in [4.78, 5) is 41.2. The van der Waals surface area contributed by atoms with Crippen molar-refractivity contribution in [3.05, 3.63) is 58.0 Å². The van der Waals surface area contributed by atoms with Gasteiger partial charge in [-0.2, -0.15) is 5.26 Å². The monoisotopic (exact) mass is 473 g/mol. The molecule has 34 heavy (non-hydrogen) atoms. The summed E-state index contributed by atoms with van der Waals surface area (Å²) in [6, 6.07) is 8.74. The molecule has 2 fully saturated rings. The molecule has 1 saturated heterocycles. The molecule has 1 aromatic carbocycles. The van der Waals surface area contributed by atoms with Gasteiger partial charge in [0.1, 0.15) is 11.1 Å². The van der Waals surface area contributed by atoms with Gasteiger partial charge < -0.3 is 10.1 Å². The summed E-state index contributed by atoms with van der Waals surface area (Å²) in [5.74, 6) is -0.830. The lowest BCUT2D eigenvalue weighted by Crippen LogP contribution is -2.32. The highest BCUT2D eigenvalue weighted by Gasteiger charge is 2.59. The molecule has 7 nitrogen and oxygen atoms in total. The zero-order valence-electron chi connectivity index (χ0n) is 18.8. The van der Waals surface area contributed by atoms with E-state index in [-0.39, 0.29) is 47.0 Å². The number of hydrogen-bond acceptors (Lipinski definition) is 6. The molecule has 6 rings (SSSR count). The predicted octanol–water partition coefficient (Wildman–Crippen LogP) is 4.03. The lowest BCUT2D eigenvalue weighted by Gasteiger charge is -2.29. The molecule has 2 aromatic rings. The number of nitriles is 1. The Kier molecular flexibility index (Phi) is 4.60. The number of carbonyl (C=O) groups excluding carboxylic acids is 3. The van der Waals surface area contributed by atoms with E-state index < -0.39 is 0 Å². The molecule has 4 atom stereocenters. The van der Waals surface area contributed by atoms with Crippen LogP contribution in [0.4, 0.5) is 10.7 Å². The summed E-state index contributed by atoms with van der Waals surface area (Å²) in [6.45, 7) is 4.39. The van der Waals surface area contributed by atoms with Crippen LogP contribution in [0.5, 0.6) is 0 Å². The zero-order valence-corrected chi connectivity index (χ0v) is 19.6. The van der Waals surface area contributed by atoms with Crippen LogP contribution >= 0.6 is 11.3 Å². The van der Waals surface area contributed by atoms with Crippen LogP contribution in [-0.4, -0.2) is 23.3 Å². The maximum absolute atomic E-state index is 13.0. The van der Waals surface area contributed by atoms with Crippen molar-refractivity contribution in [1.29, 1.82) is 5.26 Å². The normalized spacial score (nSPS) is 28.1. The van der Waals surface area contributed by atoms with Gasteiger partial charge in [-0.25, -0.2) is 0 Å². The Morgan fingerprint density at radius 1 is 1.15 bits per heavy atom. The molecule has 0 radical (unpaired) electrons. The zero-order chi connectivity index (χ0) is 23.8. The van der Waals surface area contributed by atoms with E-state index in [0.29, 0.717) is 34.8 Å². The van der Waals surface area contributed by atoms with Crippen LogP contribution in [-0.2, 0) is 27.4 Å². The highest BCUT2D eigenvalue weighted by atomic mass is 32.1. The maximum atomic E-state index is 13.0. The van der Waals surface area contributed by atoms with Gasteiger partial charge in [0.05, 0.1) is 35.3 Å². The molecule has 8 heteroatoms. The standard InChI is InChI=1S/C26H23N3O4S/c1-26(2)10-17-18(11-27)23(34-19(17)12-33-26)28-22(30)13-5-7-16(8-6-13)29-24(31)20-14-3-4-15(9-14)21(20)25(29)32/h3-8,14-15,20-21H,9-10,12H2,1-2H3,(H,28,30)/t14-,15-,20-,21+/m0/s1. The highest BCUT2D eigenvalue weighted by Crippen LogP contribution is 2.53. The number of carbonyl (C=O) groups is 3. The number of imide groups is 1. The number of amides is 3. The quantitative estimate of drug-likeness (QED) is 0.536. The van der Waals surface area contributed by atoms with Crippen molar-refractivity contribution in [1.82, 2.24) is 0 Å². The van der Waals surface area contributed by atoms with Crippen molar-refractivity contribution < 1.29 is 19.1 Å². The van der Waals surface area contributed by atoms with E-state index in [0.717, 1.165) is 16.9 Å². The summed E-state index contributed by atoms with van der Waals surface area (Å²) in [6.07, 6.45) is 5.64. The summed E-state index contributed by atoms with van der Waals surface area (Å²) in [5, 5.41) is 13.1. The van der Waals surface area contributed by atoms with Crippen molar-refractivity contribution in [3.8, 4) is 6.07 Å². The van der Waals surface area contributed by atoms with Crippen LogP contribution in [0.3, 0.4) is 0 Å². The van der Waals surface area contributed by atoms with Gasteiger partial charge in [-0.05, 0) is 61.9 Å². The number of fused-ring (bicyclic) bond motifs is 6. The van der Waals surface area contributed by atoms with Crippen molar-refractivity contribution in [2.45, 2.75) is 38.9 Å². The van der Waals surface area contributed by atoms with E-state index in [1.54, 1.807) is 24.3 Å². The third-order valence-corrected chi connectivity index (χ3v) is 8.61. The smallest absolute Gasteiger partial charge is 0.256 e. The van der Waals surface area contributed by atoms with Gasteiger partial charge in [0.2, 0.25) is 11.8 Å². The van der Waals surface area contributed by atoms with E-state index in [1.807, 2.05) is 13.8 Å². The van der Waals surface area contributed by atoms with E-state index in [9.17, 15) is 19.6 Å². The average Bonchev–Trinajstić information content (AvgIpc) is 3.55. The fraction of sp³-hybridized carbons (Fsp3) is 0.385. The molecule has 0 unspecified atom stereocenters. The minimum absolute atomic E-state index is 0.142. The number of thiophene rings is 1. The van der Waals surface area contributed by atoms with Crippen molar-refractivity contribution in [2.75, 3.05) is 10.2 Å². The molecular formula is C26H23N3O4S. The number of nitrogens with zero attached hydrogens (tertiary/aromatic N) is 2. The molecule has 1 aromatic heterocycles. The van der Waals surface area contributed by atoms with Crippen LogP contribution in [0.25, 0.3) is 0 Å². The SMILES string of the molecule is CC1(C)Cc2c(sc(NC(=O)c3ccc(N4C(=O)[C@@H]5[C@H](C4=O)[C@H]4C=C[C@H]5C4)cc3)c2C#N)CO1. The molecule has 3 amide bonds. The average molecular weight is 474 g/mol. The molecule has 2 aliphatic carbocycles. The fourth-order valence-electron chi connectivity index (χ4n) is 5.85.